The largest absolute Gasteiger partial charge is 0.462 e. The Hall–Kier alpha value is -4.71. The van der Waals surface area contributed by atoms with Crippen LogP contribution in [-0.2, 0) is 28.6 Å². The van der Waals surface area contributed by atoms with Gasteiger partial charge in [0.15, 0.2) is 6.10 Å². The van der Waals surface area contributed by atoms with Crippen molar-refractivity contribution in [1.29, 1.82) is 0 Å². The quantitative estimate of drug-likeness (QED) is 0.0261. The summed E-state index contributed by atoms with van der Waals surface area (Å²) in [7, 11) is 0. The van der Waals surface area contributed by atoms with Crippen LogP contribution in [0.2, 0.25) is 0 Å². The topological polar surface area (TPSA) is 78.9 Å². The first-order chi connectivity index (χ1) is 38.0. The standard InChI is InChI=1S/C71H114O6/c1-4-7-10-13-16-19-22-25-28-30-32-33-34-35-36-37-39-40-43-46-49-52-55-58-61-64-70(73)76-67-68(66-75-69(72)63-60-57-54-51-48-45-42-27-24-21-18-15-12-9-6-3)77-71(74)65-62-59-56-53-50-47-44-41-38-31-29-26-23-20-17-14-11-8-5-2/h7-8,10-11,16-21,25-29,32-33,35-36,38-42,68H,4-6,9,12-15,22-24,30-31,34,37,43-67H2,1-3H3/b10-7-,11-8-,19-16-,20-17-,21-18-,28-25-,29-26-,33-32-,36-35-,40-39-,41-38-,42-27-. The predicted molar refractivity (Wildman–Crippen MR) is 334 cm³/mol. The van der Waals surface area contributed by atoms with E-state index in [1.807, 2.05) is 0 Å². The van der Waals surface area contributed by atoms with Crippen LogP contribution in [0.1, 0.15) is 265 Å². The molecule has 0 bridgehead atoms. The fourth-order valence-corrected chi connectivity index (χ4v) is 8.17. The zero-order chi connectivity index (χ0) is 55.7. The highest BCUT2D eigenvalue weighted by atomic mass is 16.6. The van der Waals surface area contributed by atoms with Crippen molar-refractivity contribution in [2.24, 2.45) is 0 Å². The van der Waals surface area contributed by atoms with E-state index in [-0.39, 0.29) is 31.1 Å². The third-order valence-electron chi connectivity index (χ3n) is 12.8. The van der Waals surface area contributed by atoms with Gasteiger partial charge < -0.3 is 14.2 Å². The van der Waals surface area contributed by atoms with E-state index in [4.69, 9.17) is 14.2 Å². The third kappa shape index (κ3) is 62.0. The summed E-state index contributed by atoms with van der Waals surface area (Å²) in [5, 5.41) is 0. The Labute approximate surface area is 474 Å². The maximum absolute atomic E-state index is 12.9. The Kier molecular flexibility index (Phi) is 59.9. The van der Waals surface area contributed by atoms with Crippen molar-refractivity contribution in [2.75, 3.05) is 13.2 Å². The minimum Gasteiger partial charge on any atom is -0.462 e. The summed E-state index contributed by atoms with van der Waals surface area (Å²) in [6, 6.07) is 0. The molecule has 0 aliphatic heterocycles. The number of esters is 3. The van der Waals surface area contributed by atoms with Crippen molar-refractivity contribution >= 4 is 17.9 Å². The molecule has 0 saturated carbocycles. The lowest BCUT2D eigenvalue weighted by molar-refractivity contribution is -0.167. The Morgan fingerprint density at radius 2 is 0.506 bits per heavy atom. The summed E-state index contributed by atoms with van der Waals surface area (Å²) in [6.07, 6.45) is 91.2. The number of ether oxygens (including phenoxy) is 3. The normalized spacial score (nSPS) is 13.1. The molecule has 0 aromatic rings. The molecule has 0 saturated heterocycles. The lowest BCUT2D eigenvalue weighted by Crippen LogP contribution is -2.30. The number of unbranched alkanes of at least 4 members (excludes halogenated alkanes) is 20. The van der Waals surface area contributed by atoms with Gasteiger partial charge in [0.05, 0.1) is 0 Å². The number of carbonyl (C=O) groups is 3. The molecule has 0 radical (unpaired) electrons. The molecule has 1 unspecified atom stereocenters. The highest BCUT2D eigenvalue weighted by Gasteiger charge is 2.19. The fourth-order valence-electron chi connectivity index (χ4n) is 8.17. The van der Waals surface area contributed by atoms with E-state index >= 15 is 0 Å². The van der Waals surface area contributed by atoms with Crippen molar-refractivity contribution in [3.05, 3.63) is 146 Å². The van der Waals surface area contributed by atoms with Gasteiger partial charge >= 0.3 is 17.9 Å². The van der Waals surface area contributed by atoms with Crippen LogP contribution in [0.25, 0.3) is 0 Å². The molecule has 1 atom stereocenters. The van der Waals surface area contributed by atoms with Crippen LogP contribution in [0.5, 0.6) is 0 Å². The van der Waals surface area contributed by atoms with Gasteiger partial charge in [-0.2, -0.15) is 0 Å². The smallest absolute Gasteiger partial charge is 0.306 e. The summed E-state index contributed by atoms with van der Waals surface area (Å²) >= 11 is 0. The van der Waals surface area contributed by atoms with Crippen molar-refractivity contribution < 1.29 is 28.6 Å². The molecule has 6 nitrogen and oxygen atoms in total. The van der Waals surface area contributed by atoms with Crippen molar-refractivity contribution in [1.82, 2.24) is 0 Å². The lowest BCUT2D eigenvalue weighted by atomic mass is 10.1. The molecule has 0 heterocycles. The SMILES string of the molecule is CC/C=C\C/C=C\C/C=C\C/C=C\C/C=C\C/C=C\CCCCCCCCC(=O)OCC(COC(=O)CCCCCCC/C=C\C/C=C\CCCCC)OC(=O)CCCCCCCC/C=C\C/C=C\C/C=C\C/C=C\CC. The number of hydrogen-bond acceptors (Lipinski definition) is 6. The summed E-state index contributed by atoms with van der Waals surface area (Å²) in [4.78, 5) is 38.3. The molecule has 0 spiro atoms. The summed E-state index contributed by atoms with van der Waals surface area (Å²) in [6.45, 7) is 6.35. The molecule has 77 heavy (non-hydrogen) atoms. The molecule has 0 aromatic carbocycles. The Morgan fingerprint density at radius 1 is 0.273 bits per heavy atom. The third-order valence-corrected chi connectivity index (χ3v) is 12.8. The molecule has 0 rings (SSSR count). The zero-order valence-electron chi connectivity index (χ0n) is 49.7. The Morgan fingerprint density at radius 3 is 0.792 bits per heavy atom. The van der Waals surface area contributed by atoms with Gasteiger partial charge in [-0.1, -0.05) is 250 Å². The van der Waals surface area contributed by atoms with Gasteiger partial charge in [-0.3, -0.25) is 14.4 Å². The number of hydrogen-bond donors (Lipinski definition) is 0. The number of allylic oxidation sites excluding steroid dienone is 24. The second kappa shape index (κ2) is 63.8. The molecule has 0 aromatic heterocycles. The van der Waals surface area contributed by atoms with Crippen LogP contribution >= 0.6 is 0 Å². The second-order valence-electron chi connectivity index (χ2n) is 20.2. The predicted octanol–water partition coefficient (Wildman–Crippen LogP) is 21.5. The van der Waals surface area contributed by atoms with Crippen molar-refractivity contribution in [3.63, 3.8) is 0 Å². The van der Waals surface area contributed by atoms with Crippen LogP contribution in [0, 0.1) is 0 Å². The van der Waals surface area contributed by atoms with Crippen LogP contribution in [0.15, 0.2) is 146 Å². The van der Waals surface area contributed by atoms with E-state index in [9.17, 15) is 14.4 Å². The molecular formula is C71H114O6. The summed E-state index contributed by atoms with van der Waals surface area (Å²) < 4.78 is 16.9. The average molecular weight is 1060 g/mol. The van der Waals surface area contributed by atoms with Gasteiger partial charge in [-0.15, -0.1) is 0 Å². The van der Waals surface area contributed by atoms with Crippen LogP contribution in [0.4, 0.5) is 0 Å². The van der Waals surface area contributed by atoms with E-state index < -0.39 is 6.10 Å². The summed E-state index contributed by atoms with van der Waals surface area (Å²) in [5.74, 6) is -0.944. The molecule has 0 aliphatic rings. The lowest BCUT2D eigenvalue weighted by Gasteiger charge is -2.18. The van der Waals surface area contributed by atoms with Gasteiger partial charge in [-0.05, 0) is 141 Å². The number of carbonyl (C=O) groups excluding carboxylic acids is 3. The van der Waals surface area contributed by atoms with Gasteiger partial charge in [0, 0.05) is 19.3 Å². The molecule has 0 amide bonds. The van der Waals surface area contributed by atoms with Gasteiger partial charge in [0.25, 0.3) is 0 Å². The number of rotatable bonds is 55. The molecule has 0 aliphatic carbocycles. The van der Waals surface area contributed by atoms with Crippen molar-refractivity contribution in [3.8, 4) is 0 Å². The molecule has 6 heteroatoms. The van der Waals surface area contributed by atoms with Gasteiger partial charge in [0.2, 0.25) is 0 Å². The van der Waals surface area contributed by atoms with E-state index in [1.54, 1.807) is 0 Å². The molecule has 0 fully saturated rings. The highest BCUT2D eigenvalue weighted by molar-refractivity contribution is 5.71. The van der Waals surface area contributed by atoms with E-state index in [2.05, 4.69) is 167 Å². The minimum absolute atomic E-state index is 0.101. The first-order valence-corrected chi connectivity index (χ1v) is 31.3. The van der Waals surface area contributed by atoms with Gasteiger partial charge in [-0.25, -0.2) is 0 Å². The van der Waals surface area contributed by atoms with Crippen molar-refractivity contribution in [2.45, 2.75) is 271 Å². The van der Waals surface area contributed by atoms with E-state index in [0.29, 0.717) is 19.3 Å². The maximum atomic E-state index is 12.9. The Balaban J connectivity index is 4.46. The average Bonchev–Trinajstić information content (AvgIpc) is 3.43. The second-order valence-corrected chi connectivity index (χ2v) is 20.2. The minimum atomic E-state index is -0.806. The zero-order valence-corrected chi connectivity index (χ0v) is 49.7. The maximum Gasteiger partial charge on any atom is 0.306 e. The van der Waals surface area contributed by atoms with E-state index in [0.717, 1.165) is 173 Å². The van der Waals surface area contributed by atoms with Crippen LogP contribution in [-0.4, -0.2) is 37.2 Å². The first-order valence-electron chi connectivity index (χ1n) is 31.3. The highest BCUT2D eigenvalue weighted by Crippen LogP contribution is 2.14. The fraction of sp³-hybridized carbons (Fsp3) is 0.620. The molecular weight excluding hydrogens is 949 g/mol. The first kappa shape index (κ1) is 72.3. The monoisotopic (exact) mass is 1060 g/mol. The van der Waals surface area contributed by atoms with Gasteiger partial charge in [0.1, 0.15) is 13.2 Å². The van der Waals surface area contributed by atoms with Crippen LogP contribution in [0.3, 0.4) is 0 Å². The molecule has 0 N–H and O–H groups in total. The Bertz CT molecular complexity index is 1700. The van der Waals surface area contributed by atoms with E-state index in [1.165, 1.54) is 51.4 Å². The molecule has 434 valence electrons. The van der Waals surface area contributed by atoms with Crippen LogP contribution < -0.4 is 0 Å². The summed E-state index contributed by atoms with van der Waals surface area (Å²) in [5.41, 5.74) is 0.